The molecule has 0 atom stereocenters. The molecule has 2 aromatic rings. The number of nitrogens with zero attached hydrogens (tertiary/aromatic N) is 2. The van der Waals surface area contributed by atoms with Gasteiger partial charge in [-0.25, -0.2) is 4.39 Å². The van der Waals surface area contributed by atoms with Gasteiger partial charge in [0, 0.05) is 19.3 Å². The first-order valence-corrected chi connectivity index (χ1v) is 5.85. The van der Waals surface area contributed by atoms with Gasteiger partial charge in [0.15, 0.2) is 0 Å². The first-order valence-electron chi connectivity index (χ1n) is 5.85. The van der Waals surface area contributed by atoms with Crippen LogP contribution in [0.5, 0.6) is 0 Å². The molecule has 0 aliphatic heterocycles. The molecule has 0 radical (unpaired) electrons. The quantitative estimate of drug-likeness (QED) is 0.858. The highest BCUT2D eigenvalue weighted by Gasteiger charge is 2.09. The minimum absolute atomic E-state index is 0.331. The van der Waals surface area contributed by atoms with E-state index in [4.69, 9.17) is 11.0 Å². The van der Waals surface area contributed by atoms with E-state index < -0.39 is 5.82 Å². The predicted octanol–water partition coefficient (Wildman–Crippen LogP) is 2.92. The number of benzene rings is 2. The van der Waals surface area contributed by atoms with E-state index in [1.54, 1.807) is 6.07 Å². The number of nitrogens with two attached hydrogens (primary N) is 1. The number of hydrogen-bond acceptors (Lipinski definition) is 3. The SMILES string of the molecule is CN(Cc1ccc(N)cc1)c1ccc(F)cc1C#N. The molecule has 19 heavy (non-hydrogen) atoms. The van der Waals surface area contributed by atoms with Crippen LogP contribution in [0.4, 0.5) is 15.8 Å². The van der Waals surface area contributed by atoms with E-state index in [0.717, 1.165) is 5.56 Å². The van der Waals surface area contributed by atoms with Crippen molar-refractivity contribution in [3.05, 3.63) is 59.4 Å². The third-order valence-electron chi connectivity index (χ3n) is 2.89. The molecule has 0 saturated heterocycles. The number of halogens is 1. The van der Waals surface area contributed by atoms with E-state index in [9.17, 15) is 4.39 Å². The van der Waals surface area contributed by atoms with E-state index in [2.05, 4.69) is 0 Å². The number of nitrogen functional groups attached to an aromatic ring is 1. The van der Waals surface area contributed by atoms with Gasteiger partial charge < -0.3 is 10.6 Å². The first kappa shape index (κ1) is 12.9. The lowest BCUT2D eigenvalue weighted by Crippen LogP contribution is -2.17. The van der Waals surface area contributed by atoms with Gasteiger partial charge in [-0.1, -0.05) is 12.1 Å². The van der Waals surface area contributed by atoms with Crippen molar-refractivity contribution >= 4 is 11.4 Å². The van der Waals surface area contributed by atoms with E-state index in [-0.39, 0.29) is 0 Å². The molecule has 0 amide bonds. The van der Waals surface area contributed by atoms with E-state index in [0.29, 0.717) is 23.5 Å². The average Bonchev–Trinajstić information content (AvgIpc) is 2.41. The zero-order valence-corrected chi connectivity index (χ0v) is 10.6. The summed E-state index contributed by atoms with van der Waals surface area (Å²) in [6.45, 7) is 0.626. The number of hydrogen-bond donors (Lipinski definition) is 1. The molecule has 2 N–H and O–H groups in total. The summed E-state index contributed by atoms with van der Waals surface area (Å²) in [5.41, 5.74) is 8.46. The zero-order valence-electron chi connectivity index (χ0n) is 10.6. The smallest absolute Gasteiger partial charge is 0.124 e. The molecule has 0 bridgehead atoms. The Morgan fingerprint density at radius 3 is 2.53 bits per heavy atom. The maximum atomic E-state index is 13.1. The molecule has 0 saturated carbocycles. The summed E-state index contributed by atoms with van der Waals surface area (Å²) in [6.07, 6.45) is 0. The highest BCUT2D eigenvalue weighted by molar-refractivity contribution is 5.59. The first-order chi connectivity index (χ1) is 9.10. The molecule has 0 heterocycles. The lowest BCUT2D eigenvalue weighted by Gasteiger charge is -2.20. The van der Waals surface area contributed by atoms with Crippen LogP contribution in [0.1, 0.15) is 11.1 Å². The van der Waals surface area contributed by atoms with Crippen LogP contribution in [0.15, 0.2) is 42.5 Å². The van der Waals surface area contributed by atoms with Crippen LogP contribution in [0.25, 0.3) is 0 Å². The highest BCUT2D eigenvalue weighted by atomic mass is 19.1. The molecule has 0 fully saturated rings. The number of nitriles is 1. The summed E-state index contributed by atoms with van der Waals surface area (Å²) in [5, 5.41) is 9.03. The Labute approximate surface area is 111 Å². The Hall–Kier alpha value is -2.54. The van der Waals surface area contributed by atoms with Gasteiger partial charge in [0.2, 0.25) is 0 Å². The summed E-state index contributed by atoms with van der Waals surface area (Å²) in [6, 6.07) is 13.8. The van der Waals surface area contributed by atoms with E-state index in [1.807, 2.05) is 42.3 Å². The number of anilines is 2. The molecule has 2 aromatic carbocycles. The van der Waals surface area contributed by atoms with E-state index in [1.165, 1.54) is 12.1 Å². The van der Waals surface area contributed by atoms with Crippen molar-refractivity contribution in [2.45, 2.75) is 6.54 Å². The van der Waals surface area contributed by atoms with Crippen molar-refractivity contribution in [1.29, 1.82) is 5.26 Å². The van der Waals surface area contributed by atoms with Gasteiger partial charge in [0.05, 0.1) is 11.3 Å². The topological polar surface area (TPSA) is 53.0 Å². The zero-order chi connectivity index (χ0) is 13.8. The van der Waals surface area contributed by atoms with Gasteiger partial charge in [0.25, 0.3) is 0 Å². The van der Waals surface area contributed by atoms with Gasteiger partial charge in [-0.05, 0) is 35.9 Å². The molecule has 0 unspecified atom stereocenters. The third kappa shape index (κ3) is 3.02. The van der Waals surface area contributed by atoms with Gasteiger partial charge in [-0.2, -0.15) is 5.26 Å². The Morgan fingerprint density at radius 2 is 1.89 bits per heavy atom. The van der Waals surface area contributed by atoms with Gasteiger partial charge in [-0.3, -0.25) is 0 Å². The van der Waals surface area contributed by atoms with Crippen LogP contribution in [0, 0.1) is 17.1 Å². The Kier molecular flexibility index (Phi) is 3.67. The minimum Gasteiger partial charge on any atom is -0.399 e. The molecular formula is C15H14FN3. The van der Waals surface area contributed by atoms with Crippen molar-refractivity contribution in [3.8, 4) is 6.07 Å². The van der Waals surface area contributed by atoms with Crippen LogP contribution in [-0.2, 0) is 6.54 Å². The normalized spacial score (nSPS) is 9.95. The molecule has 96 valence electrons. The molecule has 3 nitrogen and oxygen atoms in total. The molecule has 0 aliphatic carbocycles. The largest absolute Gasteiger partial charge is 0.399 e. The average molecular weight is 255 g/mol. The molecule has 0 aliphatic rings. The van der Waals surface area contributed by atoms with Crippen LogP contribution in [0.3, 0.4) is 0 Å². The minimum atomic E-state index is -0.402. The predicted molar refractivity (Wildman–Crippen MR) is 74.1 cm³/mol. The van der Waals surface area contributed by atoms with Gasteiger partial charge in [0.1, 0.15) is 11.9 Å². The Balaban J connectivity index is 2.23. The summed E-state index contributed by atoms with van der Waals surface area (Å²) >= 11 is 0. The molecule has 0 spiro atoms. The second-order valence-corrected chi connectivity index (χ2v) is 4.37. The van der Waals surface area contributed by atoms with Crippen LogP contribution in [-0.4, -0.2) is 7.05 Å². The molecule has 2 rings (SSSR count). The second-order valence-electron chi connectivity index (χ2n) is 4.37. The van der Waals surface area contributed by atoms with Crippen LogP contribution < -0.4 is 10.6 Å². The summed E-state index contributed by atoms with van der Waals surface area (Å²) in [5.74, 6) is -0.402. The monoisotopic (exact) mass is 255 g/mol. The maximum absolute atomic E-state index is 13.1. The summed E-state index contributed by atoms with van der Waals surface area (Å²) in [4.78, 5) is 1.91. The Morgan fingerprint density at radius 1 is 1.21 bits per heavy atom. The molecule has 4 heteroatoms. The Bertz CT molecular complexity index is 614. The molecular weight excluding hydrogens is 241 g/mol. The van der Waals surface area contributed by atoms with Crippen molar-refractivity contribution in [2.75, 3.05) is 17.7 Å². The fourth-order valence-corrected chi connectivity index (χ4v) is 1.91. The van der Waals surface area contributed by atoms with Crippen LogP contribution >= 0.6 is 0 Å². The summed E-state index contributed by atoms with van der Waals surface area (Å²) < 4.78 is 13.1. The molecule has 0 aromatic heterocycles. The lowest BCUT2D eigenvalue weighted by molar-refractivity contribution is 0.627. The standard InChI is InChI=1S/C15H14FN3/c1-19(10-11-2-5-14(18)6-3-11)15-7-4-13(16)8-12(15)9-17/h2-8H,10,18H2,1H3. The van der Waals surface area contributed by atoms with Crippen molar-refractivity contribution < 1.29 is 4.39 Å². The van der Waals surface area contributed by atoms with Crippen molar-refractivity contribution in [3.63, 3.8) is 0 Å². The van der Waals surface area contributed by atoms with Gasteiger partial charge in [-0.15, -0.1) is 0 Å². The van der Waals surface area contributed by atoms with Crippen molar-refractivity contribution in [2.24, 2.45) is 0 Å². The fourth-order valence-electron chi connectivity index (χ4n) is 1.91. The fraction of sp³-hybridized carbons (Fsp3) is 0.133. The lowest BCUT2D eigenvalue weighted by atomic mass is 10.1. The highest BCUT2D eigenvalue weighted by Crippen LogP contribution is 2.21. The van der Waals surface area contributed by atoms with Gasteiger partial charge >= 0.3 is 0 Å². The third-order valence-corrected chi connectivity index (χ3v) is 2.89. The summed E-state index contributed by atoms with van der Waals surface area (Å²) in [7, 11) is 1.87. The maximum Gasteiger partial charge on any atom is 0.124 e. The van der Waals surface area contributed by atoms with E-state index >= 15 is 0 Å². The second kappa shape index (κ2) is 5.40. The van der Waals surface area contributed by atoms with Crippen LogP contribution in [0.2, 0.25) is 0 Å². The van der Waals surface area contributed by atoms with Crippen molar-refractivity contribution in [1.82, 2.24) is 0 Å². The number of rotatable bonds is 3.